The van der Waals surface area contributed by atoms with Crippen molar-refractivity contribution < 1.29 is 4.79 Å². The minimum Gasteiger partial charge on any atom is -0.310 e. The number of nitrogens with one attached hydrogen (secondary N) is 1. The summed E-state index contributed by atoms with van der Waals surface area (Å²) in [6.45, 7) is 10.8. The van der Waals surface area contributed by atoms with E-state index < -0.39 is 0 Å². The molecular weight excluding hydrogens is 372 g/mol. The third-order valence-corrected chi connectivity index (χ3v) is 5.56. The van der Waals surface area contributed by atoms with E-state index in [2.05, 4.69) is 45.1 Å². The molecule has 1 N–H and O–H groups in total. The second kappa shape index (κ2) is 8.60. The van der Waals surface area contributed by atoms with Crippen molar-refractivity contribution in [3.8, 4) is 11.4 Å². The first-order chi connectivity index (χ1) is 13.4. The van der Waals surface area contributed by atoms with Crippen LogP contribution in [0.5, 0.6) is 0 Å². The molecule has 0 spiro atoms. The molecule has 7 nitrogen and oxygen atoms in total. The highest BCUT2D eigenvalue weighted by atomic mass is 32.2. The smallest absolute Gasteiger partial charge is 0.238 e. The van der Waals surface area contributed by atoms with Crippen LogP contribution in [0.25, 0.3) is 11.4 Å². The summed E-state index contributed by atoms with van der Waals surface area (Å²) in [5.74, 6) is 1.44. The molecule has 0 saturated heterocycles. The summed E-state index contributed by atoms with van der Waals surface area (Å²) in [5, 5.41) is 16.4. The predicted octanol–water partition coefficient (Wildman–Crippen LogP) is 4.17. The predicted molar refractivity (Wildman–Crippen MR) is 112 cm³/mol. The summed E-state index contributed by atoms with van der Waals surface area (Å²) in [6.07, 6.45) is 1.69. The van der Waals surface area contributed by atoms with Crippen LogP contribution in [0.4, 0.5) is 5.82 Å². The third-order valence-electron chi connectivity index (χ3n) is 4.48. The van der Waals surface area contributed by atoms with Gasteiger partial charge in [0, 0.05) is 24.2 Å². The molecule has 1 amide bonds. The number of hydrogen-bond donors (Lipinski definition) is 1. The number of aryl methyl sites for hydroxylation is 1. The molecular formula is C20H26N6OS. The molecule has 1 unspecified atom stereocenters. The fourth-order valence-electron chi connectivity index (χ4n) is 2.95. The second-order valence-electron chi connectivity index (χ2n) is 6.87. The zero-order chi connectivity index (χ0) is 20.3. The number of aromatic nitrogens is 5. The monoisotopic (exact) mass is 398 g/mol. The van der Waals surface area contributed by atoms with Crippen molar-refractivity contribution in [2.75, 3.05) is 5.32 Å². The summed E-state index contributed by atoms with van der Waals surface area (Å²) < 4.78 is 3.84. The van der Waals surface area contributed by atoms with E-state index in [0.717, 1.165) is 28.7 Å². The SMILES string of the molecule is CCn1c(SC(C)C(=O)Nc2ccnn2C(C)C)nnc1-c1ccccc1C. The maximum atomic E-state index is 12.7. The molecule has 1 atom stereocenters. The Morgan fingerprint density at radius 3 is 2.61 bits per heavy atom. The average Bonchev–Trinajstić information content (AvgIpc) is 3.28. The van der Waals surface area contributed by atoms with Crippen LogP contribution in [0, 0.1) is 6.92 Å². The summed E-state index contributed by atoms with van der Waals surface area (Å²) in [7, 11) is 0. The first-order valence-corrected chi connectivity index (χ1v) is 10.3. The van der Waals surface area contributed by atoms with Gasteiger partial charge in [0.2, 0.25) is 5.91 Å². The lowest BCUT2D eigenvalue weighted by Crippen LogP contribution is -2.25. The van der Waals surface area contributed by atoms with Crippen molar-refractivity contribution in [3.05, 3.63) is 42.1 Å². The van der Waals surface area contributed by atoms with Gasteiger partial charge in [0.1, 0.15) is 5.82 Å². The number of carbonyl (C=O) groups is 1. The van der Waals surface area contributed by atoms with Crippen LogP contribution in [0.2, 0.25) is 0 Å². The summed E-state index contributed by atoms with van der Waals surface area (Å²) in [5.41, 5.74) is 2.20. The fourth-order valence-corrected chi connectivity index (χ4v) is 3.86. The molecule has 8 heteroatoms. The van der Waals surface area contributed by atoms with Crippen molar-refractivity contribution in [2.45, 2.75) is 57.6 Å². The van der Waals surface area contributed by atoms with E-state index >= 15 is 0 Å². The number of carbonyl (C=O) groups excluding carboxylic acids is 1. The van der Waals surface area contributed by atoms with E-state index in [9.17, 15) is 4.79 Å². The number of hydrogen-bond acceptors (Lipinski definition) is 5. The number of thioether (sulfide) groups is 1. The number of nitrogens with zero attached hydrogens (tertiary/aromatic N) is 5. The normalized spacial score (nSPS) is 12.4. The van der Waals surface area contributed by atoms with Crippen LogP contribution >= 0.6 is 11.8 Å². The highest BCUT2D eigenvalue weighted by Crippen LogP contribution is 2.29. The molecule has 0 fully saturated rings. The standard InChI is InChI=1S/C20H26N6OS/c1-6-25-18(16-10-8-7-9-14(16)4)23-24-20(25)28-15(5)19(27)22-17-11-12-21-26(17)13(2)3/h7-13,15H,6H2,1-5H3,(H,22,27). The van der Waals surface area contributed by atoms with Gasteiger partial charge in [-0.25, -0.2) is 4.68 Å². The molecule has 2 heterocycles. The Bertz CT molecular complexity index is 961. The molecule has 28 heavy (non-hydrogen) atoms. The molecule has 0 aliphatic rings. The average molecular weight is 399 g/mol. The van der Waals surface area contributed by atoms with E-state index in [4.69, 9.17) is 0 Å². The van der Waals surface area contributed by atoms with Gasteiger partial charge in [-0.1, -0.05) is 36.0 Å². The molecule has 3 aromatic rings. The molecule has 3 rings (SSSR count). The number of benzene rings is 1. The van der Waals surface area contributed by atoms with Crippen LogP contribution in [-0.4, -0.2) is 35.7 Å². The molecule has 0 aliphatic carbocycles. The van der Waals surface area contributed by atoms with Gasteiger partial charge in [-0.3, -0.25) is 4.79 Å². The maximum Gasteiger partial charge on any atom is 0.238 e. The van der Waals surface area contributed by atoms with E-state index in [0.29, 0.717) is 5.82 Å². The van der Waals surface area contributed by atoms with Crippen LogP contribution < -0.4 is 5.32 Å². The number of anilines is 1. The first-order valence-electron chi connectivity index (χ1n) is 9.42. The van der Waals surface area contributed by atoms with Crippen molar-refractivity contribution in [1.29, 1.82) is 0 Å². The molecule has 0 bridgehead atoms. The van der Waals surface area contributed by atoms with Crippen LogP contribution in [0.1, 0.15) is 39.3 Å². The Kier molecular flexibility index (Phi) is 6.18. The maximum absolute atomic E-state index is 12.7. The van der Waals surface area contributed by atoms with Crippen molar-refractivity contribution >= 4 is 23.5 Å². The van der Waals surface area contributed by atoms with Gasteiger partial charge < -0.3 is 9.88 Å². The molecule has 148 valence electrons. The quantitative estimate of drug-likeness (QED) is 0.604. The minimum atomic E-state index is -0.324. The highest BCUT2D eigenvalue weighted by Gasteiger charge is 2.22. The van der Waals surface area contributed by atoms with Crippen molar-refractivity contribution in [1.82, 2.24) is 24.5 Å². The Labute approximate surface area is 169 Å². The summed E-state index contributed by atoms with van der Waals surface area (Å²) in [4.78, 5) is 12.7. The van der Waals surface area contributed by atoms with E-state index in [-0.39, 0.29) is 17.2 Å². The van der Waals surface area contributed by atoms with Crippen molar-refractivity contribution in [3.63, 3.8) is 0 Å². The van der Waals surface area contributed by atoms with Gasteiger partial charge in [-0.2, -0.15) is 5.10 Å². The molecule has 0 saturated carbocycles. The van der Waals surface area contributed by atoms with Gasteiger partial charge in [0.05, 0.1) is 11.4 Å². The zero-order valence-corrected chi connectivity index (χ0v) is 17.7. The largest absolute Gasteiger partial charge is 0.310 e. The summed E-state index contributed by atoms with van der Waals surface area (Å²) >= 11 is 1.41. The first kappa shape index (κ1) is 20.1. The third kappa shape index (κ3) is 4.11. The van der Waals surface area contributed by atoms with Crippen molar-refractivity contribution in [2.24, 2.45) is 0 Å². The second-order valence-corrected chi connectivity index (χ2v) is 8.18. The molecule has 1 aromatic carbocycles. The van der Waals surface area contributed by atoms with Gasteiger partial charge in [0.25, 0.3) is 0 Å². The van der Waals surface area contributed by atoms with Crippen LogP contribution in [0.3, 0.4) is 0 Å². The van der Waals surface area contributed by atoms with E-state index in [1.165, 1.54) is 11.8 Å². The molecule has 2 aromatic heterocycles. The number of rotatable bonds is 7. The minimum absolute atomic E-state index is 0.0875. The Morgan fingerprint density at radius 1 is 1.18 bits per heavy atom. The summed E-state index contributed by atoms with van der Waals surface area (Å²) in [6, 6.07) is 10.1. The van der Waals surface area contributed by atoms with E-state index in [1.54, 1.807) is 16.9 Å². The van der Waals surface area contributed by atoms with Crippen LogP contribution in [-0.2, 0) is 11.3 Å². The van der Waals surface area contributed by atoms with E-state index in [1.807, 2.05) is 39.0 Å². The lowest BCUT2D eigenvalue weighted by molar-refractivity contribution is -0.115. The Balaban J connectivity index is 1.77. The van der Waals surface area contributed by atoms with Gasteiger partial charge in [0.15, 0.2) is 11.0 Å². The van der Waals surface area contributed by atoms with Crippen LogP contribution in [0.15, 0.2) is 41.7 Å². The topological polar surface area (TPSA) is 77.6 Å². The molecule has 0 aliphatic heterocycles. The fraction of sp³-hybridized carbons (Fsp3) is 0.400. The lowest BCUT2D eigenvalue weighted by atomic mass is 10.1. The number of amides is 1. The lowest BCUT2D eigenvalue weighted by Gasteiger charge is -2.15. The Morgan fingerprint density at radius 2 is 1.93 bits per heavy atom. The zero-order valence-electron chi connectivity index (χ0n) is 16.9. The molecule has 0 radical (unpaired) electrons. The Hall–Kier alpha value is -2.61. The van der Waals surface area contributed by atoms with Gasteiger partial charge in [-0.15, -0.1) is 10.2 Å². The van der Waals surface area contributed by atoms with Gasteiger partial charge >= 0.3 is 0 Å². The van der Waals surface area contributed by atoms with Gasteiger partial charge in [-0.05, 0) is 40.2 Å². The highest BCUT2D eigenvalue weighted by molar-refractivity contribution is 8.00.